The van der Waals surface area contributed by atoms with Gasteiger partial charge in [0.1, 0.15) is 0 Å². The minimum absolute atomic E-state index is 0.0440. The topological polar surface area (TPSA) is 29.1 Å². The van der Waals surface area contributed by atoms with Gasteiger partial charge in [-0.15, -0.1) is 0 Å². The van der Waals surface area contributed by atoms with Crippen molar-refractivity contribution in [2.75, 3.05) is 6.54 Å². The van der Waals surface area contributed by atoms with Crippen LogP contribution in [0.1, 0.15) is 49.0 Å². The summed E-state index contributed by atoms with van der Waals surface area (Å²) in [6.07, 6.45) is -1.25. The van der Waals surface area contributed by atoms with Crippen LogP contribution in [0.4, 0.5) is 13.2 Å². The first-order valence-electron chi connectivity index (χ1n) is 6.80. The Kier molecular flexibility index (Phi) is 6.05. The molecule has 0 fully saturated rings. The summed E-state index contributed by atoms with van der Waals surface area (Å²) in [5.74, 6) is -0.135. The zero-order valence-electron chi connectivity index (χ0n) is 11.8. The molecule has 1 aromatic rings. The van der Waals surface area contributed by atoms with Gasteiger partial charge in [0.15, 0.2) is 0 Å². The van der Waals surface area contributed by atoms with Crippen LogP contribution in [0.5, 0.6) is 0 Å². The first-order chi connectivity index (χ1) is 9.34. The van der Waals surface area contributed by atoms with Crippen molar-refractivity contribution in [2.24, 2.45) is 5.92 Å². The molecule has 0 heterocycles. The number of alkyl halides is 3. The second-order valence-corrected chi connectivity index (χ2v) is 5.04. The summed E-state index contributed by atoms with van der Waals surface area (Å²) in [4.78, 5) is 11.8. The molecule has 1 rings (SSSR count). The van der Waals surface area contributed by atoms with E-state index in [0.29, 0.717) is 12.5 Å². The van der Waals surface area contributed by atoms with Gasteiger partial charge in [0.2, 0.25) is 0 Å². The number of unbranched alkanes of at least 4 members (excludes halogenated alkanes) is 1. The number of rotatable bonds is 6. The number of halogens is 3. The number of hydrogen-bond donors (Lipinski definition) is 1. The number of carbonyl (C=O) groups excluding carboxylic acids is 1. The molecule has 1 amide bonds. The van der Waals surface area contributed by atoms with Crippen molar-refractivity contribution in [3.05, 3.63) is 35.4 Å². The Morgan fingerprint density at radius 1 is 1.35 bits per heavy atom. The highest BCUT2D eigenvalue weighted by Gasteiger charge is 2.30. The predicted octanol–water partition coefficient (Wildman–Crippen LogP) is 4.26. The third-order valence-corrected chi connectivity index (χ3v) is 3.11. The van der Waals surface area contributed by atoms with Gasteiger partial charge in [-0.2, -0.15) is 13.2 Å². The fourth-order valence-corrected chi connectivity index (χ4v) is 1.86. The summed E-state index contributed by atoms with van der Waals surface area (Å²) in [6, 6.07) is 4.48. The average Bonchev–Trinajstić information content (AvgIpc) is 2.41. The van der Waals surface area contributed by atoms with E-state index in [0.717, 1.165) is 31.4 Å². The summed E-state index contributed by atoms with van der Waals surface area (Å²) in [5, 5.41) is 2.68. The predicted molar refractivity (Wildman–Crippen MR) is 72.5 cm³/mol. The van der Waals surface area contributed by atoms with Crippen LogP contribution in [-0.2, 0) is 6.18 Å². The lowest BCUT2D eigenvalue weighted by Gasteiger charge is -2.13. The molecule has 0 aromatic heterocycles. The molecule has 1 atom stereocenters. The molecule has 0 spiro atoms. The van der Waals surface area contributed by atoms with Gasteiger partial charge >= 0.3 is 6.18 Å². The van der Waals surface area contributed by atoms with E-state index >= 15 is 0 Å². The Morgan fingerprint density at radius 3 is 2.65 bits per heavy atom. The van der Waals surface area contributed by atoms with Gasteiger partial charge in [0.05, 0.1) is 5.56 Å². The Bertz CT molecular complexity index is 443. The van der Waals surface area contributed by atoms with Gasteiger partial charge in [-0.05, 0) is 30.5 Å². The Hall–Kier alpha value is -1.52. The van der Waals surface area contributed by atoms with E-state index in [1.54, 1.807) is 0 Å². The molecule has 0 radical (unpaired) electrons. The lowest BCUT2D eigenvalue weighted by atomic mass is 10.0. The van der Waals surface area contributed by atoms with Crippen LogP contribution in [0.3, 0.4) is 0 Å². The van der Waals surface area contributed by atoms with Crippen molar-refractivity contribution in [2.45, 2.75) is 39.3 Å². The Morgan fingerprint density at radius 2 is 2.05 bits per heavy atom. The molecule has 0 saturated heterocycles. The maximum absolute atomic E-state index is 12.6. The summed E-state index contributed by atoms with van der Waals surface area (Å²) in [7, 11) is 0. The van der Waals surface area contributed by atoms with E-state index in [9.17, 15) is 18.0 Å². The largest absolute Gasteiger partial charge is 0.416 e. The molecule has 112 valence electrons. The van der Waals surface area contributed by atoms with E-state index in [2.05, 4.69) is 12.2 Å². The average molecular weight is 287 g/mol. The minimum Gasteiger partial charge on any atom is -0.352 e. The maximum Gasteiger partial charge on any atom is 0.416 e. The van der Waals surface area contributed by atoms with Gasteiger partial charge in [-0.25, -0.2) is 0 Å². The van der Waals surface area contributed by atoms with Crippen LogP contribution in [0, 0.1) is 5.92 Å². The second-order valence-electron chi connectivity index (χ2n) is 5.04. The van der Waals surface area contributed by atoms with Crippen LogP contribution >= 0.6 is 0 Å². The molecule has 0 saturated carbocycles. The first kappa shape index (κ1) is 16.5. The summed E-state index contributed by atoms with van der Waals surface area (Å²) >= 11 is 0. The lowest BCUT2D eigenvalue weighted by Crippen LogP contribution is -2.28. The highest BCUT2D eigenvalue weighted by atomic mass is 19.4. The number of carbonyl (C=O) groups is 1. The monoisotopic (exact) mass is 287 g/mol. The van der Waals surface area contributed by atoms with Gasteiger partial charge < -0.3 is 5.32 Å². The summed E-state index contributed by atoms with van der Waals surface area (Å²) in [5.41, 5.74) is -0.758. The van der Waals surface area contributed by atoms with Crippen molar-refractivity contribution >= 4 is 5.91 Å². The van der Waals surface area contributed by atoms with Crippen LogP contribution in [0.25, 0.3) is 0 Å². The van der Waals surface area contributed by atoms with E-state index in [-0.39, 0.29) is 5.56 Å². The normalized spacial score (nSPS) is 13.1. The number of hydrogen-bond acceptors (Lipinski definition) is 1. The fraction of sp³-hybridized carbons (Fsp3) is 0.533. The van der Waals surface area contributed by atoms with Gasteiger partial charge in [0, 0.05) is 12.1 Å². The van der Waals surface area contributed by atoms with E-state index in [4.69, 9.17) is 0 Å². The minimum atomic E-state index is -4.43. The summed E-state index contributed by atoms with van der Waals surface area (Å²) < 4.78 is 37.7. The van der Waals surface area contributed by atoms with Crippen molar-refractivity contribution in [1.29, 1.82) is 0 Å². The molecule has 1 N–H and O–H groups in total. The Labute approximate surface area is 117 Å². The molecular formula is C15H20F3NO. The third-order valence-electron chi connectivity index (χ3n) is 3.11. The number of nitrogens with one attached hydrogen (secondary N) is 1. The first-order valence-corrected chi connectivity index (χ1v) is 6.80. The molecular weight excluding hydrogens is 267 g/mol. The smallest absolute Gasteiger partial charge is 0.352 e. The van der Waals surface area contributed by atoms with Gasteiger partial charge in [-0.1, -0.05) is 32.8 Å². The molecule has 0 aliphatic carbocycles. The molecule has 5 heteroatoms. The molecule has 1 aromatic carbocycles. The van der Waals surface area contributed by atoms with E-state index in [1.165, 1.54) is 12.1 Å². The molecule has 0 unspecified atom stereocenters. The van der Waals surface area contributed by atoms with Crippen LogP contribution < -0.4 is 5.32 Å². The number of amides is 1. The fourth-order valence-electron chi connectivity index (χ4n) is 1.86. The summed E-state index contributed by atoms with van der Waals surface area (Å²) in [6.45, 7) is 4.59. The zero-order valence-corrected chi connectivity index (χ0v) is 11.8. The van der Waals surface area contributed by atoms with Crippen molar-refractivity contribution < 1.29 is 18.0 Å². The van der Waals surface area contributed by atoms with Crippen molar-refractivity contribution in [1.82, 2.24) is 5.32 Å². The molecule has 0 aliphatic heterocycles. The van der Waals surface area contributed by atoms with Crippen molar-refractivity contribution in [3.63, 3.8) is 0 Å². The van der Waals surface area contributed by atoms with E-state index in [1.807, 2.05) is 6.92 Å². The molecule has 20 heavy (non-hydrogen) atoms. The number of benzene rings is 1. The molecule has 0 aliphatic rings. The maximum atomic E-state index is 12.6. The molecule has 0 bridgehead atoms. The highest BCUT2D eigenvalue weighted by Crippen LogP contribution is 2.29. The third kappa shape index (κ3) is 5.23. The van der Waals surface area contributed by atoms with Crippen LogP contribution in [0.2, 0.25) is 0 Å². The standard InChI is InChI=1S/C15H20F3NO/c1-3-4-6-11(2)10-19-14(20)12-7-5-8-13(9-12)15(16,17)18/h5,7-9,11H,3-4,6,10H2,1-2H3,(H,19,20)/t11-/m0/s1. The van der Waals surface area contributed by atoms with Crippen molar-refractivity contribution in [3.8, 4) is 0 Å². The SMILES string of the molecule is CCCC[C@H](C)CNC(=O)c1cccc(C(F)(F)F)c1. The quantitative estimate of drug-likeness (QED) is 0.832. The lowest BCUT2D eigenvalue weighted by molar-refractivity contribution is -0.137. The highest BCUT2D eigenvalue weighted by molar-refractivity contribution is 5.94. The molecule has 2 nitrogen and oxygen atoms in total. The second kappa shape index (κ2) is 7.31. The van der Waals surface area contributed by atoms with Crippen LogP contribution in [0.15, 0.2) is 24.3 Å². The van der Waals surface area contributed by atoms with Crippen LogP contribution in [-0.4, -0.2) is 12.5 Å². The van der Waals surface area contributed by atoms with Gasteiger partial charge in [-0.3, -0.25) is 4.79 Å². The van der Waals surface area contributed by atoms with Gasteiger partial charge in [0.25, 0.3) is 5.91 Å². The van der Waals surface area contributed by atoms with E-state index < -0.39 is 17.6 Å². The zero-order chi connectivity index (χ0) is 15.2. The Balaban J connectivity index is 2.60.